The molecule has 18 heavy (non-hydrogen) atoms. The number of nitrogens with one attached hydrogen (secondary N) is 2. The van der Waals surface area contributed by atoms with E-state index in [2.05, 4.69) is 24.5 Å². The van der Waals surface area contributed by atoms with Crippen LogP contribution in [-0.4, -0.2) is 29.7 Å². The first-order valence-corrected chi connectivity index (χ1v) is 6.55. The number of carbonyl (C=O) groups is 2. The van der Waals surface area contributed by atoms with Crippen molar-refractivity contribution in [2.24, 2.45) is 11.3 Å². The van der Waals surface area contributed by atoms with E-state index in [4.69, 9.17) is 5.11 Å². The second kappa shape index (κ2) is 6.07. The minimum Gasteiger partial charge on any atom is -0.481 e. The first kappa shape index (κ1) is 14.8. The lowest BCUT2D eigenvalue weighted by Gasteiger charge is -2.18. The van der Waals surface area contributed by atoms with Gasteiger partial charge in [-0.25, -0.2) is 4.79 Å². The number of carboxylic acid groups (broad SMARTS) is 1. The van der Waals surface area contributed by atoms with Crippen LogP contribution in [-0.2, 0) is 4.79 Å². The van der Waals surface area contributed by atoms with Gasteiger partial charge in [-0.05, 0) is 30.6 Å². The molecule has 0 saturated heterocycles. The number of rotatable bonds is 5. The van der Waals surface area contributed by atoms with Gasteiger partial charge < -0.3 is 15.7 Å². The number of carbonyl (C=O) groups excluding carboxylic acids is 1. The van der Waals surface area contributed by atoms with Crippen LogP contribution < -0.4 is 10.6 Å². The summed E-state index contributed by atoms with van der Waals surface area (Å²) < 4.78 is 0. The van der Waals surface area contributed by atoms with Crippen molar-refractivity contribution in [3.05, 3.63) is 0 Å². The van der Waals surface area contributed by atoms with Crippen molar-refractivity contribution < 1.29 is 14.7 Å². The van der Waals surface area contributed by atoms with Gasteiger partial charge in [0.05, 0.1) is 0 Å². The molecule has 0 aromatic rings. The maximum atomic E-state index is 11.6. The van der Waals surface area contributed by atoms with Gasteiger partial charge >= 0.3 is 12.0 Å². The summed E-state index contributed by atoms with van der Waals surface area (Å²) in [6.07, 6.45) is 3.24. The van der Waals surface area contributed by atoms with E-state index in [9.17, 15) is 9.59 Å². The van der Waals surface area contributed by atoms with Crippen molar-refractivity contribution >= 4 is 12.0 Å². The Morgan fingerprint density at radius 1 is 1.44 bits per heavy atom. The second-order valence-electron chi connectivity index (χ2n) is 6.16. The molecule has 0 aliphatic heterocycles. The molecule has 0 bridgehead atoms. The third-order valence-electron chi connectivity index (χ3n) is 3.44. The molecule has 0 aromatic heterocycles. The molecular formula is C13H24N2O3. The van der Waals surface area contributed by atoms with E-state index in [0.717, 1.165) is 19.3 Å². The smallest absolute Gasteiger partial charge is 0.315 e. The van der Waals surface area contributed by atoms with Crippen molar-refractivity contribution in [3.8, 4) is 0 Å². The lowest BCUT2D eigenvalue weighted by Crippen LogP contribution is -2.42. The molecule has 0 heterocycles. The molecule has 1 saturated carbocycles. The van der Waals surface area contributed by atoms with Crippen LogP contribution in [0.4, 0.5) is 4.79 Å². The van der Waals surface area contributed by atoms with Crippen LogP contribution in [0.3, 0.4) is 0 Å². The number of hydrogen-bond acceptors (Lipinski definition) is 2. The van der Waals surface area contributed by atoms with E-state index in [0.29, 0.717) is 12.0 Å². The predicted octanol–water partition coefficient (Wildman–Crippen LogP) is 1.98. The van der Waals surface area contributed by atoms with Gasteiger partial charge in [-0.3, -0.25) is 4.79 Å². The highest BCUT2D eigenvalue weighted by Crippen LogP contribution is 2.36. The topological polar surface area (TPSA) is 78.4 Å². The summed E-state index contributed by atoms with van der Waals surface area (Å²) in [5, 5.41) is 14.3. The fraction of sp³-hybridized carbons (Fsp3) is 0.846. The summed E-state index contributed by atoms with van der Waals surface area (Å²) in [7, 11) is 0. The fourth-order valence-corrected chi connectivity index (χ4v) is 2.43. The standard InChI is InChI=1S/C13H24N2O3/c1-9(6-11(16)17)8-14-12(18)15-10-4-5-13(2,3)7-10/h9-10H,4-8H2,1-3H3,(H,16,17)(H2,14,15,18). The Balaban J connectivity index is 2.20. The number of hydrogen-bond donors (Lipinski definition) is 3. The Morgan fingerprint density at radius 2 is 2.11 bits per heavy atom. The molecule has 0 radical (unpaired) electrons. The van der Waals surface area contributed by atoms with E-state index < -0.39 is 5.97 Å². The second-order valence-corrected chi connectivity index (χ2v) is 6.16. The molecule has 1 aliphatic rings. The zero-order chi connectivity index (χ0) is 13.8. The number of aliphatic carboxylic acids is 1. The minimum absolute atomic E-state index is 0.0479. The SMILES string of the molecule is CC(CNC(=O)NC1CCC(C)(C)C1)CC(=O)O. The largest absolute Gasteiger partial charge is 0.481 e. The maximum absolute atomic E-state index is 11.6. The van der Waals surface area contributed by atoms with Crippen LogP contribution in [0.1, 0.15) is 46.5 Å². The van der Waals surface area contributed by atoms with Crippen molar-refractivity contribution in [2.45, 2.75) is 52.5 Å². The quantitative estimate of drug-likeness (QED) is 0.703. The van der Waals surface area contributed by atoms with Crippen LogP contribution in [0.25, 0.3) is 0 Å². The lowest BCUT2D eigenvalue weighted by atomic mass is 9.92. The molecular weight excluding hydrogens is 232 g/mol. The van der Waals surface area contributed by atoms with E-state index in [1.54, 1.807) is 0 Å². The Labute approximate surface area is 108 Å². The molecule has 1 aliphatic carbocycles. The first-order chi connectivity index (χ1) is 8.28. The molecule has 0 spiro atoms. The maximum Gasteiger partial charge on any atom is 0.315 e. The number of carboxylic acids is 1. The highest BCUT2D eigenvalue weighted by molar-refractivity contribution is 5.74. The molecule has 2 atom stereocenters. The Kier molecular flexibility index (Phi) is 4.99. The van der Waals surface area contributed by atoms with Crippen LogP contribution in [0, 0.1) is 11.3 Å². The van der Waals surface area contributed by atoms with Crippen LogP contribution in [0.2, 0.25) is 0 Å². The van der Waals surface area contributed by atoms with Crippen molar-refractivity contribution in [3.63, 3.8) is 0 Å². The van der Waals surface area contributed by atoms with E-state index in [1.807, 2.05) is 6.92 Å². The van der Waals surface area contributed by atoms with Gasteiger partial charge in [-0.1, -0.05) is 20.8 Å². The van der Waals surface area contributed by atoms with Gasteiger partial charge in [0.2, 0.25) is 0 Å². The third kappa shape index (κ3) is 5.38. The zero-order valence-electron chi connectivity index (χ0n) is 11.5. The van der Waals surface area contributed by atoms with Crippen molar-refractivity contribution in [2.75, 3.05) is 6.54 Å². The highest BCUT2D eigenvalue weighted by Gasteiger charge is 2.31. The predicted molar refractivity (Wildman–Crippen MR) is 69.4 cm³/mol. The molecule has 1 fully saturated rings. The molecule has 2 amide bonds. The minimum atomic E-state index is -0.831. The van der Waals surface area contributed by atoms with E-state index >= 15 is 0 Å². The van der Waals surface area contributed by atoms with Crippen LogP contribution in [0.5, 0.6) is 0 Å². The van der Waals surface area contributed by atoms with Gasteiger partial charge in [0.1, 0.15) is 0 Å². The normalized spacial score (nSPS) is 23.4. The monoisotopic (exact) mass is 256 g/mol. The highest BCUT2D eigenvalue weighted by atomic mass is 16.4. The molecule has 5 nitrogen and oxygen atoms in total. The third-order valence-corrected chi connectivity index (χ3v) is 3.44. The summed E-state index contributed by atoms with van der Waals surface area (Å²) in [6.45, 7) is 6.63. The Hall–Kier alpha value is -1.26. The lowest BCUT2D eigenvalue weighted by molar-refractivity contribution is -0.137. The summed E-state index contributed by atoms with van der Waals surface area (Å²) in [5.74, 6) is -0.879. The Morgan fingerprint density at radius 3 is 2.61 bits per heavy atom. The Bertz CT molecular complexity index is 315. The van der Waals surface area contributed by atoms with Crippen molar-refractivity contribution in [1.82, 2.24) is 10.6 Å². The van der Waals surface area contributed by atoms with E-state index in [1.165, 1.54) is 0 Å². The van der Waals surface area contributed by atoms with Gasteiger partial charge in [0, 0.05) is 19.0 Å². The van der Waals surface area contributed by atoms with Gasteiger partial charge in [-0.2, -0.15) is 0 Å². The number of urea groups is 1. The first-order valence-electron chi connectivity index (χ1n) is 6.55. The summed E-state index contributed by atoms with van der Waals surface area (Å²) >= 11 is 0. The van der Waals surface area contributed by atoms with Gasteiger partial charge in [-0.15, -0.1) is 0 Å². The van der Waals surface area contributed by atoms with E-state index in [-0.39, 0.29) is 24.4 Å². The van der Waals surface area contributed by atoms with Crippen LogP contribution >= 0.6 is 0 Å². The fourth-order valence-electron chi connectivity index (χ4n) is 2.43. The molecule has 1 rings (SSSR count). The molecule has 2 unspecified atom stereocenters. The van der Waals surface area contributed by atoms with Gasteiger partial charge in [0.25, 0.3) is 0 Å². The van der Waals surface area contributed by atoms with Crippen molar-refractivity contribution in [1.29, 1.82) is 0 Å². The molecule has 5 heteroatoms. The summed E-state index contributed by atoms with van der Waals surface area (Å²) in [5.41, 5.74) is 0.314. The average molecular weight is 256 g/mol. The number of amides is 2. The van der Waals surface area contributed by atoms with Crippen LogP contribution in [0.15, 0.2) is 0 Å². The molecule has 104 valence electrons. The molecule has 0 aromatic carbocycles. The zero-order valence-corrected chi connectivity index (χ0v) is 11.5. The molecule has 3 N–H and O–H groups in total. The average Bonchev–Trinajstić information content (AvgIpc) is 2.54. The van der Waals surface area contributed by atoms with Gasteiger partial charge in [0.15, 0.2) is 0 Å². The summed E-state index contributed by atoms with van der Waals surface area (Å²) in [6, 6.07) is 0.0599. The summed E-state index contributed by atoms with van der Waals surface area (Å²) in [4.78, 5) is 22.1.